The molecule has 0 radical (unpaired) electrons. The van der Waals surface area contributed by atoms with Crippen molar-refractivity contribution in [3.63, 3.8) is 0 Å². The summed E-state index contributed by atoms with van der Waals surface area (Å²) in [4.78, 5) is 0. The molecule has 4 nitrogen and oxygen atoms in total. The van der Waals surface area contributed by atoms with Crippen LogP contribution < -0.4 is 0 Å². The van der Waals surface area contributed by atoms with Crippen LogP contribution in [-0.4, -0.2) is 46.8 Å². The lowest BCUT2D eigenvalue weighted by Crippen LogP contribution is -2.47. The average molecular weight is 332 g/mol. The zero-order valence-corrected chi connectivity index (χ0v) is 11.6. The van der Waals surface area contributed by atoms with Crippen LogP contribution in [0, 0.1) is 0 Å². The zero-order chi connectivity index (χ0) is 10.3. The third-order valence-corrected chi connectivity index (χ3v) is 5.67. The fourth-order valence-corrected chi connectivity index (χ4v) is 4.61. The van der Waals surface area contributed by atoms with Crippen LogP contribution in [0.25, 0.3) is 0 Å². The minimum atomic E-state index is -2.34. The number of hydrogen-bond donors (Lipinski definition) is 0. The lowest BCUT2D eigenvalue weighted by Gasteiger charge is -2.29. The highest BCUT2D eigenvalue weighted by Gasteiger charge is 2.39. The second-order valence-corrected chi connectivity index (χ2v) is 6.92. The molecule has 0 unspecified atom stereocenters. The average Bonchev–Trinajstić information content (AvgIpc) is 2.18. The van der Waals surface area contributed by atoms with Crippen LogP contribution in [0.4, 0.5) is 0 Å². The van der Waals surface area contributed by atoms with Crippen molar-refractivity contribution in [3.8, 4) is 0 Å². The summed E-state index contributed by atoms with van der Waals surface area (Å²) in [5.74, 6) is 0. The van der Waals surface area contributed by atoms with E-state index >= 15 is 0 Å². The standard InChI is InChI=1S/C8H17IO4Si/c1-10-14(8-2-3-9)12-6-4-11-5-7-13-14/h2-8H2,1H3. The molecule has 0 amide bonds. The van der Waals surface area contributed by atoms with Crippen LogP contribution in [0.1, 0.15) is 6.42 Å². The molecule has 0 aromatic carbocycles. The van der Waals surface area contributed by atoms with Crippen LogP contribution in [-0.2, 0) is 18.0 Å². The van der Waals surface area contributed by atoms with Crippen LogP contribution in [0.3, 0.4) is 0 Å². The lowest BCUT2D eigenvalue weighted by molar-refractivity contribution is -0.00935. The van der Waals surface area contributed by atoms with Gasteiger partial charge in [-0.3, -0.25) is 0 Å². The first-order valence-electron chi connectivity index (χ1n) is 4.80. The third-order valence-electron chi connectivity index (χ3n) is 2.03. The van der Waals surface area contributed by atoms with Gasteiger partial charge in [0.25, 0.3) is 0 Å². The highest BCUT2D eigenvalue weighted by molar-refractivity contribution is 14.1. The second kappa shape index (κ2) is 7.13. The Labute approximate surface area is 99.8 Å². The van der Waals surface area contributed by atoms with Gasteiger partial charge in [0.05, 0.1) is 26.4 Å². The summed E-state index contributed by atoms with van der Waals surface area (Å²) in [5.41, 5.74) is 0. The number of rotatable bonds is 4. The Morgan fingerprint density at radius 3 is 2.36 bits per heavy atom. The summed E-state index contributed by atoms with van der Waals surface area (Å²) in [5, 5.41) is 0. The highest BCUT2D eigenvalue weighted by atomic mass is 127. The summed E-state index contributed by atoms with van der Waals surface area (Å²) in [6.45, 7) is 2.46. The van der Waals surface area contributed by atoms with E-state index in [9.17, 15) is 0 Å². The van der Waals surface area contributed by atoms with Crippen LogP contribution in [0.15, 0.2) is 0 Å². The maximum atomic E-state index is 5.69. The molecule has 1 aliphatic rings. The highest BCUT2D eigenvalue weighted by Crippen LogP contribution is 2.18. The molecule has 0 saturated carbocycles. The van der Waals surface area contributed by atoms with E-state index in [4.69, 9.17) is 18.0 Å². The molecule has 1 heterocycles. The molecule has 0 aliphatic carbocycles. The number of halogens is 1. The van der Waals surface area contributed by atoms with E-state index < -0.39 is 8.80 Å². The topological polar surface area (TPSA) is 36.9 Å². The third kappa shape index (κ3) is 4.11. The molecule has 1 fully saturated rings. The monoisotopic (exact) mass is 332 g/mol. The molecule has 1 rings (SSSR count). The SMILES string of the molecule is CO[Si]1(CCCI)OCCOCCO1. The van der Waals surface area contributed by atoms with E-state index in [0.29, 0.717) is 26.4 Å². The Bertz CT molecular complexity index is 145. The first kappa shape index (κ1) is 12.9. The lowest BCUT2D eigenvalue weighted by atomic mass is 10.6. The van der Waals surface area contributed by atoms with Gasteiger partial charge in [0, 0.05) is 13.2 Å². The fraction of sp³-hybridized carbons (Fsp3) is 1.00. The van der Waals surface area contributed by atoms with Crippen LogP contribution >= 0.6 is 22.6 Å². The second-order valence-electron chi connectivity index (χ2n) is 2.99. The summed E-state index contributed by atoms with van der Waals surface area (Å²) < 4.78 is 23.2. The molecule has 1 saturated heterocycles. The van der Waals surface area contributed by atoms with Gasteiger partial charge in [0.1, 0.15) is 0 Å². The van der Waals surface area contributed by atoms with Crippen molar-refractivity contribution in [1.29, 1.82) is 0 Å². The molecule has 0 bridgehead atoms. The van der Waals surface area contributed by atoms with Gasteiger partial charge < -0.3 is 18.0 Å². The van der Waals surface area contributed by atoms with E-state index in [0.717, 1.165) is 16.9 Å². The van der Waals surface area contributed by atoms with Crippen molar-refractivity contribution in [2.45, 2.75) is 12.5 Å². The molecule has 84 valence electrons. The normalized spacial score (nSPS) is 22.7. The van der Waals surface area contributed by atoms with Gasteiger partial charge in [0.2, 0.25) is 0 Å². The first-order valence-corrected chi connectivity index (χ1v) is 8.25. The number of hydrogen-bond acceptors (Lipinski definition) is 4. The Morgan fingerprint density at radius 2 is 1.86 bits per heavy atom. The molecule has 0 aromatic heterocycles. The van der Waals surface area contributed by atoms with Crippen molar-refractivity contribution in [2.75, 3.05) is 38.0 Å². The van der Waals surface area contributed by atoms with Crippen molar-refractivity contribution >= 4 is 31.4 Å². The van der Waals surface area contributed by atoms with Crippen molar-refractivity contribution in [1.82, 2.24) is 0 Å². The molecule has 6 heteroatoms. The Hall–Kier alpha value is 0.787. The van der Waals surface area contributed by atoms with Gasteiger partial charge in [-0.05, 0) is 10.8 Å². The van der Waals surface area contributed by atoms with E-state index in [2.05, 4.69) is 22.6 Å². The molecule has 14 heavy (non-hydrogen) atoms. The molecular weight excluding hydrogens is 315 g/mol. The van der Waals surface area contributed by atoms with Gasteiger partial charge in [-0.1, -0.05) is 22.6 Å². The fourth-order valence-electron chi connectivity index (χ4n) is 1.30. The van der Waals surface area contributed by atoms with Gasteiger partial charge in [-0.15, -0.1) is 0 Å². The minimum Gasteiger partial charge on any atom is -0.377 e. The van der Waals surface area contributed by atoms with Gasteiger partial charge in [-0.25, -0.2) is 0 Å². The van der Waals surface area contributed by atoms with Crippen molar-refractivity contribution in [2.24, 2.45) is 0 Å². The van der Waals surface area contributed by atoms with E-state index in [1.165, 1.54) is 0 Å². The maximum absolute atomic E-state index is 5.69. The van der Waals surface area contributed by atoms with Gasteiger partial charge in [0.15, 0.2) is 0 Å². The van der Waals surface area contributed by atoms with Crippen molar-refractivity contribution < 1.29 is 18.0 Å². The maximum Gasteiger partial charge on any atom is 0.500 e. The predicted octanol–water partition coefficient (Wildman–Crippen LogP) is 1.46. The van der Waals surface area contributed by atoms with E-state index in [-0.39, 0.29) is 0 Å². The Kier molecular flexibility index (Phi) is 6.54. The molecule has 0 atom stereocenters. The van der Waals surface area contributed by atoms with Crippen LogP contribution in [0.5, 0.6) is 0 Å². The quantitative estimate of drug-likeness (QED) is 0.444. The number of ether oxygens (including phenoxy) is 1. The molecular formula is C8H17IO4Si. The summed E-state index contributed by atoms with van der Waals surface area (Å²) in [6.07, 6.45) is 1.08. The molecule has 0 spiro atoms. The van der Waals surface area contributed by atoms with Crippen LogP contribution in [0.2, 0.25) is 6.04 Å². The zero-order valence-electron chi connectivity index (χ0n) is 8.46. The summed E-state index contributed by atoms with van der Waals surface area (Å²) >= 11 is 2.35. The van der Waals surface area contributed by atoms with E-state index in [1.54, 1.807) is 7.11 Å². The molecule has 0 aromatic rings. The van der Waals surface area contributed by atoms with Crippen molar-refractivity contribution in [3.05, 3.63) is 0 Å². The molecule has 0 N–H and O–H groups in total. The van der Waals surface area contributed by atoms with Gasteiger partial charge in [-0.2, -0.15) is 0 Å². The largest absolute Gasteiger partial charge is 0.500 e. The van der Waals surface area contributed by atoms with E-state index in [1.807, 2.05) is 0 Å². The predicted molar refractivity (Wildman–Crippen MR) is 63.8 cm³/mol. The number of alkyl halides is 1. The molecule has 1 aliphatic heterocycles. The Morgan fingerprint density at radius 1 is 1.21 bits per heavy atom. The van der Waals surface area contributed by atoms with Gasteiger partial charge >= 0.3 is 8.80 Å². The smallest absolute Gasteiger partial charge is 0.377 e. The Balaban J connectivity index is 2.44. The first-order chi connectivity index (χ1) is 6.83. The summed E-state index contributed by atoms with van der Waals surface area (Å²) in [7, 11) is -0.663. The summed E-state index contributed by atoms with van der Waals surface area (Å²) in [6, 6.07) is 0.909. The minimum absolute atomic E-state index is 0.585.